The summed E-state index contributed by atoms with van der Waals surface area (Å²) in [7, 11) is 0. The summed E-state index contributed by atoms with van der Waals surface area (Å²) in [4.78, 5) is 0. The molecule has 0 aromatic carbocycles. The van der Waals surface area contributed by atoms with Crippen molar-refractivity contribution in [1.82, 2.24) is 14.1 Å². The van der Waals surface area contributed by atoms with Crippen molar-refractivity contribution in [3.8, 4) is 0 Å². The van der Waals surface area contributed by atoms with Gasteiger partial charge >= 0.3 is 0 Å². The molecule has 5 heteroatoms. The van der Waals surface area contributed by atoms with Gasteiger partial charge in [0.25, 0.3) is 0 Å². The van der Waals surface area contributed by atoms with E-state index >= 15 is 0 Å². The van der Waals surface area contributed by atoms with Gasteiger partial charge in [0.1, 0.15) is 0 Å². The van der Waals surface area contributed by atoms with Gasteiger partial charge in [-0.15, -0.1) is 0 Å². The van der Waals surface area contributed by atoms with Gasteiger partial charge in [-0.3, -0.25) is 0 Å². The third-order valence-corrected chi connectivity index (χ3v) is 3.27. The summed E-state index contributed by atoms with van der Waals surface area (Å²) in [5.41, 5.74) is 0.918. The Labute approximate surface area is 87.7 Å². The van der Waals surface area contributed by atoms with E-state index in [4.69, 9.17) is 0 Å². The normalized spacial score (nSPS) is 20.9. The smallest absolute Gasteiger partial charge is 0.0768 e. The molecule has 1 unspecified atom stereocenters. The maximum absolute atomic E-state index is 9.95. The van der Waals surface area contributed by atoms with Crippen LogP contribution in [-0.4, -0.2) is 33.0 Å². The van der Waals surface area contributed by atoms with Crippen molar-refractivity contribution >= 4 is 11.7 Å². The number of rotatable bonds is 3. The van der Waals surface area contributed by atoms with Crippen LogP contribution in [0.25, 0.3) is 0 Å². The monoisotopic (exact) mass is 213 g/mol. The minimum atomic E-state index is -0.249. The van der Waals surface area contributed by atoms with Crippen LogP contribution in [0.1, 0.15) is 18.5 Å². The molecule has 1 aliphatic heterocycles. The molecule has 0 saturated carbocycles. The number of hydrogen-bond donors (Lipinski definition) is 2. The van der Waals surface area contributed by atoms with Crippen LogP contribution < -0.4 is 5.32 Å². The number of nitrogens with one attached hydrogen (secondary N) is 1. The van der Waals surface area contributed by atoms with E-state index in [9.17, 15) is 5.11 Å². The van der Waals surface area contributed by atoms with Crippen LogP contribution in [-0.2, 0) is 6.42 Å². The predicted octanol–water partition coefficient (Wildman–Crippen LogP) is 0.441. The van der Waals surface area contributed by atoms with Crippen molar-refractivity contribution in [1.29, 1.82) is 0 Å². The van der Waals surface area contributed by atoms with Crippen molar-refractivity contribution in [2.45, 2.75) is 25.4 Å². The Bertz CT molecular complexity index is 259. The largest absolute Gasteiger partial charge is 0.392 e. The van der Waals surface area contributed by atoms with Crippen molar-refractivity contribution < 1.29 is 5.11 Å². The molecule has 4 nitrogen and oxygen atoms in total. The van der Waals surface area contributed by atoms with Crippen molar-refractivity contribution in [2.24, 2.45) is 5.92 Å². The fourth-order valence-electron chi connectivity index (χ4n) is 1.88. The molecule has 78 valence electrons. The second kappa shape index (κ2) is 4.82. The predicted molar refractivity (Wildman–Crippen MR) is 55.2 cm³/mol. The topological polar surface area (TPSA) is 58.0 Å². The molecule has 2 rings (SSSR count). The lowest BCUT2D eigenvalue weighted by Crippen LogP contribution is -2.35. The van der Waals surface area contributed by atoms with Crippen LogP contribution in [0, 0.1) is 5.92 Å². The summed E-state index contributed by atoms with van der Waals surface area (Å²) in [6, 6.07) is 0. The van der Waals surface area contributed by atoms with E-state index < -0.39 is 0 Å². The Morgan fingerprint density at radius 2 is 2.36 bits per heavy atom. The first-order valence-corrected chi connectivity index (χ1v) is 5.74. The Kier molecular flexibility index (Phi) is 3.44. The van der Waals surface area contributed by atoms with Crippen LogP contribution in [0.3, 0.4) is 0 Å². The fourth-order valence-corrected chi connectivity index (χ4v) is 2.33. The zero-order valence-electron chi connectivity index (χ0n) is 8.02. The van der Waals surface area contributed by atoms with Gasteiger partial charge in [-0.25, -0.2) is 0 Å². The van der Waals surface area contributed by atoms with Crippen LogP contribution in [0.5, 0.6) is 0 Å². The van der Waals surface area contributed by atoms with Crippen molar-refractivity contribution in [3.63, 3.8) is 0 Å². The van der Waals surface area contributed by atoms with E-state index in [1.807, 2.05) is 0 Å². The van der Waals surface area contributed by atoms with Crippen LogP contribution >= 0.6 is 11.7 Å². The molecular formula is C9H15N3OS. The first kappa shape index (κ1) is 10.0. The third-order valence-electron chi connectivity index (χ3n) is 2.75. The van der Waals surface area contributed by atoms with E-state index in [0.29, 0.717) is 12.3 Å². The average Bonchev–Trinajstić information content (AvgIpc) is 2.72. The molecule has 1 saturated heterocycles. The Morgan fingerprint density at radius 1 is 1.57 bits per heavy atom. The molecule has 0 bridgehead atoms. The Morgan fingerprint density at radius 3 is 3.00 bits per heavy atom. The molecule has 1 aromatic rings. The molecule has 14 heavy (non-hydrogen) atoms. The van der Waals surface area contributed by atoms with Gasteiger partial charge in [-0.1, -0.05) is 0 Å². The molecule has 0 radical (unpaired) electrons. The highest BCUT2D eigenvalue weighted by Gasteiger charge is 2.22. The maximum Gasteiger partial charge on any atom is 0.0768 e. The number of aliphatic hydroxyl groups excluding tert-OH is 1. The second-order valence-electron chi connectivity index (χ2n) is 3.76. The molecular weight excluding hydrogens is 198 g/mol. The van der Waals surface area contributed by atoms with Gasteiger partial charge < -0.3 is 10.4 Å². The van der Waals surface area contributed by atoms with Crippen LogP contribution in [0.15, 0.2) is 6.20 Å². The van der Waals surface area contributed by atoms with Gasteiger partial charge in [-0.2, -0.15) is 8.75 Å². The maximum atomic E-state index is 9.95. The van der Waals surface area contributed by atoms with Crippen molar-refractivity contribution in [3.05, 3.63) is 11.9 Å². The van der Waals surface area contributed by atoms with E-state index in [0.717, 1.165) is 31.6 Å². The minimum absolute atomic E-state index is 0.249. The number of aromatic nitrogens is 2. The molecule has 1 fully saturated rings. The average molecular weight is 213 g/mol. The van der Waals surface area contributed by atoms with Crippen LogP contribution in [0.2, 0.25) is 0 Å². The molecule has 2 N–H and O–H groups in total. The highest BCUT2D eigenvalue weighted by molar-refractivity contribution is 6.99. The first-order valence-electron chi connectivity index (χ1n) is 5.01. The van der Waals surface area contributed by atoms with Crippen LogP contribution in [0.4, 0.5) is 0 Å². The summed E-state index contributed by atoms with van der Waals surface area (Å²) in [5, 5.41) is 13.2. The zero-order valence-corrected chi connectivity index (χ0v) is 8.83. The molecule has 1 atom stereocenters. The fraction of sp³-hybridized carbons (Fsp3) is 0.778. The second-order valence-corrected chi connectivity index (χ2v) is 4.31. The zero-order chi connectivity index (χ0) is 9.80. The van der Waals surface area contributed by atoms with E-state index in [1.54, 1.807) is 6.20 Å². The van der Waals surface area contributed by atoms with E-state index in [2.05, 4.69) is 14.1 Å². The summed E-state index contributed by atoms with van der Waals surface area (Å²) < 4.78 is 8.03. The molecule has 0 aliphatic carbocycles. The van der Waals surface area contributed by atoms with Gasteiger partial charge in [0.2, 0.25) is 0 Å². The highest BCUT2D eigenvalue weighted by atomic mass is 32.1. The van der Waals surface area contributed by atoms with E-state index in [1.165, 1.54) is 11.7 Å². The van der Waals surface area contributed by atoms with Gasteiger partial charge in [-0.05, 0) is 31.8 Å². The molecule has 1 aliphatic rings. The molecule has 0 spiro atoms. The summed E-state index contributed by atoms with van der Waals surface area (Å²) >= 11 is 1.20. The van der Waals surface area contributed by atoms with Gasteiger partial charge in [0, 0.05) is 6.42 Å². The summed E-state index contributed by atoms with van der Waals surface area (Å²) in [6.45, 7) is 2.05. The minimum Gasteiger partial charge on any atom is -0.392 e. The standard InChI is InChI=1S/C9H15N3OS/c13-9(5-8-6-11-14-12-8)7-1-3-10-4-2-7/h6-7,9-10,13H,1-5H2. The molecule has 1 aromatic heterocycles. The SMILES string of the molecule is OC(Cc1cnsn1)C1CCNCC1. The quantitative estimate of drug-likeness (QED) is 0.765. The number of piperidine rings is 1. The lowest BCUT2D eigenvalue weighted by atomic mass is 9.90. The number of hydrogen-bond acceptors (Lipinski definition) is 5. The third kappa shape index (κ3) is 2.50. The Hall–Kier alpha value is -0.520. The van der Waals surface area contributed by atoms with E-state index in [-0.39, 0.29) is 6.10 Å². The summed E-state index contributed by atoms with van der Waals surface area (Å²) in [6.07, 6.45) is 4.29. The van der Waals surface area contributed by atoms with Crippen molar-refractivity contribution in [2.75, 3.05) is 13.1 Å². The highest BCUT2D eigenvalue weighted by Crippen LogP contribution is 2.18. The number of nitrogens with zero attached hydrogens (tertiary/aromatic N) is 2. The molecule has 0 amide bonds. The van der Waals surface area contributed by atoms with Gasteiger partial charge in [0.15, 0.2) is 0 Å². The number of aliphatic hydroxyl groups is 1. The summed E-state index contributed by atoms with van der Waals surface area (Å²) in [5.74, 6) is 0.429. The lowest BCUT2D eigenvalue weighted by Gasteiger charge is -2.26. The first-order chi connectivity index (χ1) is 6.86. The molecule has 2 heterocycles. The van der Waals surface area contributed by atoms with Gasteiger partial charge in [0.05, 0.1) is 29.7 Å². The lowest BCUT2D eigenvalue weighted by molar-refractivity contribution is 0.0884. The Balaban J connectivity index is 1.85.